The molecule has 314 valence electrons. The number of aromatic nitrogens is 1. The van der Waals surface area contributed by atoms with Gasteiger partial charge in [0.2, 0.25) is 0 Å². The Bertz CT molecular complexity index is 3130. The molecule has 0 amide bonds. The largest absolute Gasteiger partial charge is 0.456 e. The van der Waals surface area contributed by atoms with Crippen LogP contribution in [0, 0.1) is 13.8 Å². The maximum Gasteiger partial charge on any atom is 0.141 e. The number of aryl methyl sites for hydroxylation is 2. The molecule has 9 aromatic carbocycles. The van der Waals surface area contributed by atoms with Gasteiger partial charge in [0.15, 0.2) is 0 Å². The van der Waals surface area contributed by atoms with E-state index >= 15 is 0 Å². The van der Waals surface area contributed by atoms with Crippen LogP contribution in [0.3, 0.4) is 0 Å². The van der Waals surface area contributed by atoms with Crippen LogP contribution in [0.1, 0.15) is 55.6 Å². The van der Waals surface area contributed by atoms with Crippen molar-refractivity contribution in [3.8, 4) is 56.6 Å². The Hall–Kier alpha value is -8.27. The smallest absolute Gasteiger partial charge is 0.141 e. The minimum absolute atomic E-state index is 0.673. The van der Waals surface area contributed by atoms with Gasteiger partial charge in [0.1, 0.15) is 23.0 Å². The van der Waals surface area contributed by atoms with Crippen molar-refractivity contribution in [2.45, 2.75) is 24.7 Å². The van der Waals surface area contributed by atoms with Crippen molar-refractivity contribution in [1.29, 1.82) is 0 Å². The molecule has 0 saturated carbocycles. The van der Waals surface area contributed by atoms with Crippen molar-refractivity contribution in [2.24, 2.45) is 0 Å². The summed E-state index contributed by atoms with van der Waals surface area (Å²) < 4.78 is 14.4. The van der Waals surface area contributed by atoms with E-state index in [-0.39, 0.29) is 0 Å². The summed E-state index contributed by atoms with van der Waals surface area (Å²) in [6, 6.07) is 84.5. The third kappa shape index (κ3) is 5.93. The summed E-state index contributed by atoms with van der Waals surface area (Å²) in [6.45, 7) is 4.39. The molecule has 3 nitrogen and oxygen atoms in total. The van der Waals surface area contributed by atoms with E-state index in [1.807, 2.05) is 0 Å². The average Bonchev–Trinajstić information content (AvgIpc) is 3.38. The van der Waals surface area contributed by atoms with Gasteiger partial charge >= 0.3 is 0 Å². The van der Waals surface area contributed by atoms with E-state index in [2.05, 4.69) is 250 Å². The van der Waals surface area contributed by atoms with Gasteiger partial charge in [-0.1, -0.05) is 200 Å². The number of para-hydroxylation sites is 4. The maximum absolute atomic E-state index is 7.19. The highest BCUT2D eigenvalue weighted by Gasteiger charge is 2.47. The van der Waals surface area contributed by atoms with Gasteiger partial charge in [-0.3, -0.25) is 0 Å². The van der Waals surface area contributed by atoms with E-state index in [4.69, 9.17) is 14.5 Å². The van der Waals surface area contributed by atoms with Crippen LogP contribution in [0.15, 0.2) is 237 Å². The van der Waals surface area contributed by atoms with E-state index in [0.717, 1.165) is 95.6 Å². The molecule has 0 N–H and O–H groups in total. The van der Waals surface area contributed by atoms with Crippen molar-refractivity contribution in [1.82, 2.24) is 4.98 Å². The minimum Gasteiger partial charge on any atom is -0.456 e. The monoisotopic (exact) mass is 847 g/mol. The van der Waals surface area contributed by atoms with Gasteiger partial charge in [-0.05, 0) is 94.8 Å². The van der Waals surface area contributed by atoms with Crippen LogP contribution in [-0.2, 0) is 10.8 Å². The fourth-order valence-corrected chi connectivity index (χ4v) is 11.1. The molecule has 0 fully saturated rings. The van der Waals surface area contributed by atoms with E-state index in [0.29, 0.717) is 0 Å². The molecule has 0 radical (unpaired) electrons. The Morgan fingerprint density at radius 2 is 0.667 bits per heavy atom. The zero-order valence-corrected chi connectivity index (χ0v) is 36.8. The van der Waals surface area contributed by atoms with Gasteiger partial charge in [0.05, 0.1) is 22.2 Å². The van der Waals surface area contributed by atoms with E-state index < -0.39 is 10.8 Å². The Kier molecular flexibility index (Phi) is 9.39. The Morgan fingerprint density at radius 1 is 0.333 bits per heavy atom. The third-order valence-electron chi connectivity index (χ3n) is 13.8. The van der Waals surface area contributed by atoms with Crippen LogP contribution in [0.4, 0.5) is 0 Å². The molecule has 2 aliphatic rings. The van der Waals surface area contributed by atoms with Gasteiger partial charge in [0.25, 0.3) is 0 Å². The first-order valence-corrected chi connectivity index (χ1v) is 22.7. The normalized spacial score (nSPS) is 13.8. The SMILES string of the molecule is Cc1cccc(C)c1-c1cc(-c2cccc3c2Oc2ccccc2C3(c2ccccc2)c2ccccc2)nc(-c2cccc3c2Oc2ccccc2C3(c2ccccc2)c2ccccc2)c1. The van der Waals surface area contributed by atoms with Gasteiger partial charge < -0.3 is 9.47 Å². The fourth-order valence-electron chi connectivity index (χ4n) is 11.1. The fraction of sp³-hybridized carbons (Fsp3) is 0.0635. The molecule has 3 heteroatoms. The summed E-state index contributed by atoms with van der Waals surface area (Å²) in [5.41, 5.74) is 15.7. The van der Waals surface area contributed by atoms with Crippen molar-refractivity contribution < 1.29 is 9.47 Å². The van der Waals surface area contributed by atoms with Crippen LogP contribution in [0.2, 0.25) is 0 Å². The highest BCUT2D eigenvalue weighted by Crippen LogP contribution is 2.59. The van der Waals surface area contributed by atoms with Crippen molar-refractivity contribution in [3.63, 3.8) is 0 Å². The molecule has 1 aromatic heterocycles. The third-order valence-corrected chi connectivity index (χ3v) is 13.8. The van der Waals surface area contributed by atoms with Crippen LogP contribution in [0.5, 0.6) is 23.0 Å². The summed E-state index contributed by atoms with van der Waals surface area (Å²) in [5.74, 6) is 3.21. The minimum atomic E-state index is -0.673. The van der Waals surface area contributed by atoms with Crippen LogP contribution >= 0.6 is 0 Å². The quantitative estimate of drug-likeness (QED) is 0.160. The van der Waals surface area contributed by atoms with Crippen LogP contribution < -0.4 is 9.47 Å². The highest BCUT2D eigenvalue weighted by atomic mass is 16.5. The Morgan fingerprint density at radius 3 is 1.06 bits per heavy atom. The highest BCUT2D eigenvalue weighted by molar-refractivity contribution is 5.86. The summed E-state index contributed by atoms with van der Waals surface area (Å²) in [5, 5.41) is 0. The van der Waals surface area contributed by atoms with E-state index in [1.54, 1.807) is 0 Å². The predicted molar refractivity (Wildman–Crippen MR) is 267 cm³/mol. The Balaban J connectivity index is 1.15. The van der Waals surface area contributed by atoms with Crippen molar-refractivity contribution in [3.05, 3.63) is 292 Å². The lowest BCUT2D eigenvalue weighted by molar-refractivity contribution is 0.436. The molecule has 66 heavy (non-hydrogen) atoms. The Labute approximate surface area is 386 Å². The molecule has 10 aromatic rings. The average molecular weight is 848 g/mol. The summed E-state index contributed by atoms with van der Waals surface area (Å²) in [4.78, 5) is 5.71. The van der Waals surface area contributed by atoms with Crippen molar-refractivity contribution in [2.75, 3.05) is 0 Å². The number of nitrogens with zero attached hydrogens (tertiary/aromatic N) is 1. The van der Waals surface area contributed by atoms with Crippen LogP contribution in [-0.4, -0.2) is 4.98 Å². The molecule has 0 spiro atoms. The number of hydrogen-bond donors (Lipinski definition) is 0. The maximum atomic E-state index is 7.19. The van der Waals surface area contributed by atoms with Gasteiger partial charge in [0, 0.05) is 33.4 Å². The zero-order valence-electron chi connectivity index (χ0n) is 36.8. The number of hydrogen-bond acceptors (Lipinski definition) is 3. The molecule has 0 saturated heterocycles. The first kappa shape index (κ1) is 39.3. The first-order valence-electron chi connectivity index (χ1n) is 22.7. The van der Waals surface area contributed by atoms with E-state index in [9.17, 15) is 0 Å². The van der Waals surface area contributed by atoms with Gasteiger partial charge in [-0.25, -0.2) is 4.98 Å². The number of pyridine rings is 1. The topological polar surface area (TPSA) is 31.4 Å². The lowest BCUT2D eigenvalue weighted by atomic mass is 9.63. The number of ether oxygens (including phenoxy) is 2. The molecule has 12 rings (SSSR count). The van der Waals surface area contributed by atoms with Gasteiger partial charge in [-0.15, -0.1) is 0 Å². The molecule has 3 heterocycles. The predicted octanol–water partition coefficient (Wildman–Crippen LogP) is 15.7. The molecule has 0 aliphatic carbocycles. The molecule has 0 unspecified atom stereocenters. The molecular weight excluding hydrogens is 803 g/mol. The second-order valence-corrected chi connectivity index (χ2v) is 17.4. The summed E-state index contributed by atoms with van der Waals surface area (Å²) >= 11 is 0. The second-order valence-electron chi connectivity index (χ2n) is 17.4. The van der Waals surface area contributed by atoms with Crippen molar-refractivity contribution >= 4 is 0 Å². The second kappa shape index (κ2) is 15.8. The number of rotatable bonds is 7. The summed E-state index contributed by atoms with van der Waals surface area (Å²) in [7, 11) is 0. The van der Waals surface area contributed by atoms with Crippen LogP contribution in [0.25, 0.3) is 33.6 Å². The molecule has 2 aliphatic heterocycles. The van der Waals surface area contributed by atoms with E-state index in [1.165, 1.54) is 16.7 Å². The number of benzene rings is 9. The molecular formula is C63H45NO2. The van der Waals surface area contributed by atoms with Gasteiger partial charge in [-0.2, -0.15) is 0 Å². The lowest BCUT2D eigenvalue weighted by Gasteiger charge is -2.42. The standard InChI is InChI=1S/C63H45NO2/c1-42-22-19-23-43(2)59(42)44-40-55(49-32-20-36-53-60(49)65-57-38-17-15-34-51(57)62(53,45-24-7-3-8-25-45)46-26-9-4-10-27-46)64-56(41-44)50-33-21-37-54-61(50)66-58-39-18-16-35-52(58)63(54,47-28-11-5-12-29-47)48-30-13-6-14-31-48/h3-41H,1-2H3. The first-order chi connectivity index (χ1) is 32.6. The zero-order chi connectivity index (χ0) is 44.2. The number of fused-ring (bicyclic) bond motifs is 4. The lowest BCUT2D eigenvalue weighted by Crippen LogP contribution is -2.34. The summed E-state index contributed by atoms with van der Waals surface area (Å²) in [6.07, 6.45) is 0. The molecule has 0 bridgehead atoms. The molecule has 0 atom stereocenters.